The molecule has 0 aromatic rings. The maximum atomic E-state index is 5.90. The second kappa shape index (κ2) is 5.65. The van der Waals surface area contributed by atoms with Crippen LogP contribution >= 0.6 is 0 Å². The number of rotatable bonds is 5. The monoisotopic (exact) mass is 244 g/mol. The van der Waals surface area contributed by atoms with Gasteiger partial charge in [-0.2, -0.15) is 0 Å². The molecule has 0 amide bonds. The molecule has 1 saturated heterocycles. The molecule has 1 aliphatic heterocycles. The van der Waals surface area contributed by atoms with E-state index in [1.54, 1.807) is 0 Å². The first-order valence-electron chi connectivity index (χ1n) is 6.60. The molecular formula is C13H28O2Si. The Morgan fingerprint density at radius 1 is 1.19 bits per heavy atom. The molecule has 0 spiro atoms. The summed E-state index contributed by atoms with van der Waals surface area (Å²) in [5, 5.41) is 0. The van der Waals surface area contributed by atoms with E-state index in [1.165, 1.54) is 25.3 Å². The van der Waals surface area contributed by atoms with Gasteiger partial charge in [0.1, 0.15) is 0 Å². The van der Waals surface area contributed by atoms with Crippen LogP contribution in [0.3, 0.4) is 0 Å². The molecule has 0 aromatic carbocycles. The van der Waals surface area contributed by atoms with Crippen LogP contribution in [0.4, 0.5) is 0 Å². The number of unbranched alkanes of at least 4 members (excludes halogenated alkanes) is 1. The molecule has 0 radical (unpaired) electrons. The van der Waals surface area contributed by atoms with Crippen LogP contribution in [0.25, 0.3) is 0 Å². The minimum atomic E-state index is -0.838. The third-order valence-electron chi connectivity index (χ3n) is 3.04. The van der Waals surface area contributed by atoms with Gasteiger partial charge in [0.25, 0.3) is 0 Å². The van der Waals surface area contributed by atoms with Crippen LogP contribution < -0.4 is 0 Å². The lowest BCUT2D eigenvalue weighted by molar-refractivity contribution is -0.274. The normalized spacial score (nSPS) is 25.7. The fourth-order valence-electron chi connectivity index (χ4n) is 2.16. The molecule has 1 aliphatic rings. The van der Waals surface area contributed by atoms with E-state index < -0.39 is 8.07 Å². The fourth-order valence-corrected chi connectivity index (χ4v) is 3.47. The third kappa shape index (κ3) is 6.02. The van der Waals surface area contributed by atoms with Crippen LogP contribution in [0, 0.1) is 0 Å². The van der Waals surface area contributed by atoms with Crippen LogP contribution in [0.1, 0.15) is 39.5 Å². The van der Waals surface area contributed by atoms with Gasteiger partial charge >= 0.3 is 0 Å². The summed E-state index contributed by atoms with van der Waals surface area (Å²) in [6, 6.07) is 1.44. The molecule has 96 valence electrons. The van der Waals surface area contributed by atoms with E-state index in [0.717, 1.165) is 13.0 Å². The average molecular weight is 244 g/mol. The van der Waals surface area contributed by atoms with E-state index >= 15 is 0 Å². The Morgan fingerprint density at radius 2 is 1.88 bits per heavy atom. The zero-order valence-corrected chi connectivity index (χ0v) is 12.6. The molecule has 0 aliphatic carbocycles. The Morgan fingerprint density at radius 3 is 2.44 bits per heavy atom. The largest absolute Gasteiger partial charge is 0.350 e. The standard InChI is InChI=1S/C13H28O2Si/c1-13(2)14-10-9-12(15-13)8-6-7-11-16(3,4)5/h12H,6-11H2,1-5H3. The summed E-state index contributed by atoms with van der Waals surface area (Å²) in [6.45, 7) is 12.2. The lowest BCUT2D eigenvalue weighted by atomic mass is 10.1. The Hall–Kier alpha value is 0.137. The van der Waals surface area contributed by atoms with Crippen molar-refractivity contribution >= 4 is 8.07 Å². The minimum Gasteiger partial charge on any atom is -0.350 e. The SMILES string of the molecule is CC1(C)OCCC(CCCC[Si](C)(C)C)O1. The van der Waals surface area contributed by atoms with Crippen molar-refractivity contribution in [2.75, 3.05) is 6.61 Å². The van der Waals surface area contributed by atoms with Crippen LogP contribution in [-0.2, 0) is 9.47 Å². The van der Waals surface area contributed by atoms with Crippen LogP contribution in [0.15, 0.2) is 0 Å². The molecular weight excluding hydrogens is 216 g/mol. The molecule has 1 fully saturated rings. The van der Waals surface area contributed by atoms with Gasteiger partial charge in [0.15, 0.2) is 5.79 Å². The van der Waals surface area contributed by atoms with Crippen molar-refractivity contribution in [3.63, 3.8) is 0 Å². The number of hydrogen-bond acceptors (Lipinski definition) is 2. The summed E-state index contributed by atoms with van der Waals surface area (Å²) >= 11 is 0. The molecule has 0 N–H and O–H groups in total. The molecule has 0 bridgehead atoms. The smallest absolute Gasteiger partial charge is 0.163 e. The van der Waals surface area contributed by atoms with Gasteiger partial charge in [-0.1, -0.05) is 38.5 Å². The second-order valence-electron chi connectivity index (χ2n) is 6.58. The van der Waals surface area contributed by atoms with Gasteiger partial charge in [0.2, 0.25) is 0 Å². The summed E-state index contributed by atoms with van der Waals surface area (Å²) in [5.41, 5.74) is 0. The zero-order chi connectivity index (χ0) is 12.2. The lowest BCUT2D eigenvalue weighted by Gasteiger charge is -2.36. The average Bonchev–Trinajstić information content (AvgIpc) is 2.09. The van der Waals surface area contributed by atoms with E-state index in [1.807, 2.05) is 13.8 Å². The number of hydrogen-bond donors (Lipinski definition) is 0. The van der Waals surface area contributed by atoms with Crippen molar-refractivity contribution in [1.82, 2.24) is 0 Å². The third-order valence-corrected chi connectivity index (χ3v) is 4.90. The van der Waals surface area contributed by atoms with Crippen LogP contribution in [-0.4, -0.2) is 26.6 Å². The second-order valence-corrected chi connectivity index (χ2v) is 12.2. The van der Waals surface area contributed by atoms with Gasteiger partial charge in [-0.05, 0) is 26.7 Å². The summed E-state index contributed by atoms with van der Waals surface area (Å²) in [6.07, 6.45) is 5.38. The number of ether oxygens (including phenoxy) is 2. The highest BCUT2D eigenvalue weighted by atomic mass is 28.3. The van der Waals surface area contributed by atoms with E-state index in [-0.39, 0.29) is 5.79 Å². The quantitative estimate of drug-likeness (QED) is 0.537. The highest BCUT2D eigenvalue weighted by Crippen LogP contribution is 2.25. The Kier molecular flexibility index (Phi) is 5.01. The molecule has 3 heteroatoms. The first-order chi connectivity index (χ1) is 7.29. The van der Waals surface area contributed by atoms with E-state index in [4.69, 9.17) is 9.47 Å². The molecule has 16 heavy (non-hydrogen) atoms. The van der Waals surface area contributed by atoms with Crippen LogP contribution in [0.5, 0.6) is 0 Å². The van der Waals surface area contributed by atoms with E-state index in [2.05, 4.69) is 19.6 Å². The molecule has 0 aromatic heterocycles. The van der Waals surface area contributed by atoms with Crippen LogP contribution in [0.2, 0.25) is 25.7 Å². The minimum absolute atomic E-state index is 0.359. The van der Waals surface area contributed by atoms with Gasteiger partial charge in [-0.25, -0.2) is 0 Å². The zero-order valence-electron chi connectivity index (χ0n) is 11.6. The van der Waals surface area contributed by atoms with Gasteiger partial charge in [0.05, 0.1) is 12.7 Å². The highest BCUT2D eigenvalue weighted by Gasteiger charge is 2.28. The first-order valence-corrected chi connectivity index (χ1v) is 10.3. The first kappa shape index (κ1) is 14.2. The van der Waals surface area contributed by atoms with Gasteiger partial charge in [-0.15, -0.1) is 0 Å². The predicted octanol–water partition coefficient (Wildman–Crippen LogP) is 4.04. The van der Waals surface area contributed by atoms with Crippen molar-refractivity contribution in [3.8, 4) is 0 Å². The molecule has 1 heterocycles. The van der Waals surface area contributed by atoms with E-state index in [9.17, 15) is 0 Å². The molecule has 0 saturated carbocycles. The summed E-state index contributed by atoms with van der Waals surface area (Å²) < 4.78 is 11.4. The molecule has 1 atom stereocenters. The highest BCUT2D eigenvalue weighted by molar-refractivity contribution is 6.76. The van der Waals surface area contributed by atoms with Gasteiger partial charge < -0.3 is 9.47 Å². The fraction of sp³-hybridized carbons (Fsp3) is 1.00. The Balaban J connectivity index is 2.13. The molecule has 1 unspecified atom stereocenters. The lowest BCUT2D eigenvalue weighted by Crippen LogP contribution is -2.39. The van der Waals surface area contributed by atoms with Crippen molar-refractivity contribution in [1.29, 1.82) is 0 Å². The van der Waals surface area contributed by atoms with Gasteiger partial charge in [-0.3, -0.25) is 0 Å². The summed E-state index contributed by atoms with van der Waals surface area (Å²) in [4.78, 5) is 0. The van der Waals surface area contributed by atoms with Crippen molar-refractivity contribution in [3.05, 3.63) is 0 Å². The molecule has 1 rings (SSSR count). The summed E-state index contributed by atoms with van der Waals surface area (Å²) in [5.74, 6) is -0.359. The Bertz CT molecular complexity index is 208. The maximum absolute atomic E-state index is 5.90. The molecule has 2 nitrogen and oxygen atoms in total. The Labute approximate surface area is 102 Å². The summed E-state index contributed by atoms with van der Waals surface area (Å²) in [7, 11) is -0.838. The maximum Gasteiger partial charge on any atom is 0.163 e. The van der Waals surface area contributed by atoms with Crippen molar-refractivity contribution in [2.24, 2.45) is 0 Å². The van der Waals surface area contributed by atoms with Gasteiger partial charge in [0, 0.05) is 8.07 Å². The topological polar surface area (TPSA) is 18.5 Å². The van der Waals surface area contributed by atoms with Crippen molar-refractivity contribution < 1.29 is 9.47 Å². The predicted molar refractivity (Wildman–Crippen MR) is 71.5 cm³/mol. The van der Waals surface area contributed by atoms with Crippen molar-refractivity contribution in [2.45, 2.75) is 77.1 Å². The van der Waals surface area contributed by atoms with E-state index in [0.29, 0.717) is 6.10 Å².